The Morgan fingerprint density at radius 1 is 0.500 bits per heavy atom. The fourth-order valence-electron chi connectivity index (χ4n) is 6.49. The lowest BCUT2D eigenvalue weighted by molar-refractivity contribution is 0.661. The quantitative estimate of drug-likeness (QED) is 0.251. The van der Waals surface area contributed by atoms with Gasteiger partial charge < -0.3 is 0 Å². The minimum absolute atomic E-state index is 0.0316. The van der Waals surface area contributed by atoms with Gasteiger partial charge in [-0.15, -0.1) is 0 Å². The minimum atomic E-state index is -0.0316. The molecule has 0 nitrogen and oxygen atoms in total. The molecule has 2 aliphatic rings. The van der Waals surface area contributed by atoms with Crippen molar-refractivity contribution in [3.05, 3.63) is 143 Å². The second-order valence-corrected chi connectivity index (χ2v) is 11.0. The van der Waals surface area contributed by atoms with Gasteiger partial charge in [0, 0.05) is 5.41 Å². The van der Waals surface area contributed by atoms with Crippen LogP contribution < -0.4 is 0 Å². The van der Waals surface area contributed by atoms with E-state index in [-0.39, 0.29) is 5.41 Å². The number of hydrogen-bond acceptors (Lipinski definition) is 0. The van der Waals surface area contributed by atoms with E-state index in [1.165, 1.54) is 61.2 Å². The summed E-state index contributed by atoms with van der Waals surface area (Å²) < 4.78 is 0. The van der Waals surface area contributed by atoms with E-state index in [4.69, 9.17) is 0 Å². The highest BCUT2D eigenvalue weighted by atomic mass is 14.4. The maximum Gasteiger partial charge on any atom is 0.0159 e. The van der Waals surface area contributed by atoms with Crippen LogP contribution in [0, 0.1) is 0 Å². The molecule has 0 N–H and O–H groups in total. The zero-order chi connectivity index (χ0) is 24.3. The van der Waals surface area contributed by atoms with Gasteiger partial charge >= 0.3 is 0 Å². The maximum atomic E-state index is 2.44. The second-order valence-electron chi connectivity index (χ2n) is 11.0. The number of rotatable bonds is 3. The van der Waals surface area contributed by atoms with Crippen molar-refractivity contribution < 1.29 is 0 Å². The molecule has 0 atom stereocenters. The molecule has 5 aromatic rings. The summed E-state index contributed by atoms with van der Waals surface area (Å²) >= 11 is 0. The normalized spacial score (nSPS) is 15.4. The monoisotopic (exact) mass is 462 g/mol. The van der Waals surface area contributed by atoms with Crippen LogP contribution in [-0.4, -0.2) is 0 Å². The molecule has 0 radical (unpaired) electrons. The SMILES string of the molecule is CC1(C)c2cc(-c3ccccc3)ccc2-c2ccc(-c3cccc(C4Cc5ccccc5C4)c3)cc21. The Morgan fingerprint density at radius 2 is 1.03 bits per heavy atom. The summed E-state index contributed by atoms with van der Waals surface area (Å²) in [6, 6.07) is 43.0. The highest BCUT2D eigenvalue weighted by molar-refractivity contribution is 5.85. The van der Waals surface area contributed by atoms with Crippen molar-refractivity contribution in [1.82, 2.24) is 0 Å². The van der Waals surface area contributed by atoms with Crippen LogP contribution in [-0.2, 0) is 18.3 Å². The molecule has 0 heteroatoms. The van der Waals surface area contributed by atoms with E-state index < -0.39 is 0 Å². The molecule has 0 bridgehead atoms. The third-order valence-corrected chi connectivity index (χ3v) is 8.53. The molecule has 36 heavy (non-hydrogen) atoms. The predicted octanol–water partition coefficient (Wildman–Crippen LogP) is 9.21. The van der Waals surface area contributed by atoms with Crippen LogP contribution in [0.2, 0.25) is 0 Å². The first-order valence-corrected chi connectivity index (χ1v) is 13.1. The van der Waals surface area contributed by atoms with Gasteiger partial charge in [0.1, 0.15) is 0 Å². The third kappa shape index (κ3) is 3.36. The van der Waals surface area contributed by atoms with Gasteiger partial charge in [-0.3, -0.25) is 0 Å². The topological polar surface area (TPSA) is 0 Å². The van der Waals surface area contributed by atoms with Crippen LogP contribution in [0.5, 0.6) is 0 Å². The lowest BCUT2D eigenvalue weighted by Crippen LogP contribution is -2.15. The molecule has 0 saturated carbocycles. The summed E-state index contributed by atoms with van der Waals surface area (Å²) in [7, 11) is 0. The zero-order valence-corrected chi connectivity index (χ0v) is 21.0. The van der Waals surface area contributed by atoms with Crippen LogP contribution in [0.1, 0.15) is 47.6 Å². The molecule has 0 saturated heterocycles. The lowest BCUT2D eigenvalue weighted by Gasteiger charge is -2.23. The van der Waals surface area contributed by atoms with Gasteiger partial charge in [-0.2, -0.15) is 0 Å². The lowest BCUT2D eigenvalue weighted by atomic mass is 9.80. The van der Waals surface area contributed by atoms with E-state index in [9.17, 15) is 0 Å². The van der Waals surface area contributed by atoms with Crippen molar-refractivity contribution in [2.24, 2.45) is 0 Å². The number of hydrogen-bond donors (Lipinski definition) is 0. The Hall–Kier alpha value is -3.90. The first-order chi connectivity index (χ1) is 17.6. The molecular weight excluding hydrogens is 432 g/mol. The highest BCUT2D eigenvalue weighted by Crippen LogP contribution is 2.50. The molecule has 174 valence electrons. The van der Waals surface area contributed by atoms with Gasteiger partial charge in [-0.05, 0) is 92.1 Å². The fraction of sp³-hybridized carbons (Fsp3) is 0.167. The number of benzene rings is 5. The summed E-state index contributed by atoms with van der Waals surface area (Å²) in [6.45, 7) is 4.75. The number of fused-ring (bicyclic) bond motifs is 4. The summed E-state index contributed by atoms with van der Waals surface area (Å²) in [5.41, 5.74) is 15.3. The average molecular weight is 463 g/mol. The molecule has 0 heterocycles. The summed E-state index contributed by atoms with van der Waals surface area (Å²) in [5, 5.41) is 0. The standard InChI is InChI=1S/C36H30/c1-36(2)34-22-29(24-9-4-3-5-10-24)15-17-32(34)33-18-16-30(23-35(33)36)27-13-8-14-28(19-27)31-20-25-11-6-7-12-26(25)21-31/h3-19,22-23,31H,20-21H2,1-2H3. The molecule has 7 rings (SSSR count). The Balaban J connectivity index is 1.24. The van der Waals surface area contributed by atoms with Crippen LogP contribution in [0.25, 0.3) is 33.4 Å². The van der Waals surface area contributed by atoms with Gasteiger partial charge in [0.15, 0.2) is 0 Å². The van der Waals surface area contributed by atoms with E-state index in [2.05, 4.69) is 129 Å². The van der Waals surface area contributed by atoms with Crippen molar-refractivity contribution in [3.63, 3.8) is 0 Å². The van der Waals surface area contributed by atoms with E-state index in [0.717, 1.165) is 12.8 Å². The van der Waals surface area contributed by atoms with E-state index >= 15 is 0 Å². The average Bonchev–Trinajstić information content (AvgIpc) is 3.46. The zero-order valence-electron chi connectivity index (χ0n) is 21.0. The Labute approximate surface area is 214 Å². The summed E-state index contributed by atoms with van der Waals surface area (Å²) in [4.78, 5) is 0. The molecule has 0 amide bonds. The van der Waals surface area contributed by atoms with E-state index in [1.807, 2.05) is 0 Å². The summed E-state index contributed by atoms with van der Waals surface area (Å²) in [6.07, 6.45) is 2.30. The van der Waals surface area contributed by atoms with Crippen molar-refractivity contribution in [3.8, 4) is 33.4 Å². The molecule has 0 fully saturated rings. The van der Waals surface area contributed by atoms with Crippen LogP contribution in [0.15, 0.2) is 115 Å². The highest BCUT2D eigenvalue weighted by Gasteiger charge is 2.36. The van der Waals surface area contributed by atoms with Gasteiger partial charge in [0.05, 0.1) is 0 Å². The third-order valence-electron chi connectivity index (χ3n) is 8.53. The first kappa shape index (κ1) is 21.4. The van der Waals surface area contributed by atoms with Gasteiger partial charge in [0.2, 0.25) is 0 Å². The van der Waals surface area contributed by atoms with E-state index in [1.54, 1.807) is 0 Å². The Bertz CT molecular complexity index is 1580. The molecule has 0 aromatic heterocycles. The largest absolute Gasteiger partial charge is 0.0622 e. The van der Waals surface area contributed by atoms with Crippen molar-refractivity contribution in [2.75, 3.05) is 0 Å². The van der Waals surface area contributed by atoms with Crippen molar-refractivity contribution >= 4 is 0 Å². The van der Waals surface area contributed by atoms with Crippen molar-refractivity contribution in [2.45, 2.75) is 38.0 Å². The van der Waals surface area contributed by atoms with Crippen LogP contribution in [0.3, 0.4) is 0 Å². The fourth-order valence-corrected chi connectivity index (χ4v) is 6.49. The maximum absolute atomic E-state index is 2.44. The Morgan fingerprint density at radius 3 is 1.67 bits per heavy atom. The second kappa shape index (κ2) is 8.07. The van der Waals surface area contributed by atoms with E-state index in [0.29, 0.717) is 5.92 Å². The van der Waals surface area contributed by atoms with Crippen molar-refractivity contribution in [1.29, 1.82) is 0 Å². The first-order valence-electron chi connectivity index (χ1n) is 13.1. The molecule has 0 spiro atoms. The Kier molecular flexibility index (Phi) is 4.79. The smallest absolute Gasteiger partial charge is 0.0159 e. The van der Waals surface area contributed by atoms with Gasteiger partial charge in [0.25, 0.3) is 0 Å². The molecule has 0 unspecified atom stereocenters. The predicted molar refractivity (Wildman–Crippen MR) is 151 cm³/mol. The van der Waals surface area contributed by atoms with Gasteiger partial charge in [-0.1, -0.05) is 117 Å². The molecular formula is C36H30. The molecule has 5 aromatic carbocycles. The van der Waals surface area contributed by atoms with Gasteiger partial charge in [-0.25, -0.2) is 0 Å². The molecule has 2 aliphatic carbocycles. The van der Waals surface area contributed by atoms with Crippen LogP contribution >= 0.6 is 0 Å². The minimum Gasteiger partial charge on any atom is -0.0622 e. The summed E-state index contributed by atoms with van der Waals surface area (Å²) in [5.74, 6) is 0.578. The molecule has 0 aliphatic heterocycles. The van der Waals surface area contributed by atoms with Crippen LogP contribution in [0.4, 0.5) is 0 Å².